The predicted molar refractivity (Wildman–Crippen MR) is 103 cm³/mol. The highest BCUT2D eigenvalue weighted by molar-refractivity contribution is 7.98. The summed E-state index contributed by atoms with van der Waals surface area (Å²) in [6.07, 6.45) is 2.25. The number of ether oxygens (including phenoxy) is 1. The fourth-order valence-corrected chi connectivity index (χ4v) is 2.83. The van der Waals surface area contributed by atoms with Gasteiger partial charge in [0.1, 0.15) is 6.04 Å². The van der Waals surface area contributed by atoms with E-state index in [-0.39, 0.29) is 0 Å². The molecule has 0 saturated heterocycles. The van der Waals surface area contributed by atoms with Gasteiger partial charge >= 0.3 is 12.0 Å². The first kappa shape index (κ1) is 19.6. The Bertz CT molecular complexity index is 797. The van der Waals surface area contributed by atoms with E-state index < -0.39 is 30.6 Å². The highest BCUT2D eigenvalue weighted by Crippen LogP contribution is 2.18. The molecule has 0 heterocycles. The molecule has 0 spiro atoms. The zero-order chi connectivity index (χ0) is 18.9. The molecular weight excluding hydrogens is 354 g/mol. The Morgan fingerprint density at radius 3 is 2.58 bits per heavy atom. The number of fused-ring (bicyclic) bond motifs is 1. The summed E-state index contributed by atoms with van der Waals surface area (Å²) in [5.74, 6) is -0.508. The zero-order valence-electron chi connectivity index (χ0n) is 14.4. The molecule has 0 saturated carbocycles. The van der Waals surface area contributed by atoms with E-state index in [1.807, 2.05) is 42.7 Å². The van der Waals surface area contributed by atoms with E-state index in [0.29, 0.717) is 17.9 Å². The second kappa shape index (κ2) is 9.67. The molecule has 2 rings (SSSR count). The maximum atomic E-state index is 12.0. The van der Waals surface area contributed by atoms with Gasteiger partial charge < -0.3 is 21.1 Å². The molecule has 2 aromatic carbocycles. The van der Waals surface area contributed by atoms with Crippen molar-refractivity contribution in [3.05, 3.63) is 42.5 Å². The molecule has 0 aliphatic rings. The third kappa shape index (κ3) is 5.96. The van der Waals surface area contributed by atoms with Crippen LogP contribution in [-0.4, -0.2) is 42.6 Å². The molecule has 3 amide bonds. The normalized spacial score (nSPS) is 11.6. The average Bonchev–Trinajstić information content (AvgIpc) is 2.62. The number of hydrogen-bond acceptors (Lipinski definition) is 5. The summed E-state index contributed by atoms with van der Waals surface area (Å²) in [7, 11) is 0. The van der Waals surface area contributed by atoms with Gasteiger partial charge in [0.2, 0.25) is 0 Å². The lowest BCUT2D eigenvalue weighted by Crippen LogP contribution is -2.45. The Labute approximate surface area is 155 Å². The first-order chi connectivity index (χ1) is 12.5. The number of amides is 3. The lowest BCUT2D eigenvalue weighted by Gasteiger charge is -2.16. The molecule has 1 atom stereocenters. The van der Waals surface area contributed by atoms with E-state index in [0.717, 1.165) is 10.8 Å². The van der Waals surface area contributed by atoms with E-state index >= 15 is 0 Å². The van der Waals surface area contributed by atoms with Crippen LogP contribution in [0.15, 0.2) is 42.5 Å². The van der Waals surface area contributed by atoms with Gasteiger partial charge in [0, 0.05) is 5.69 Å². The fourth-order valence-electron chi connectivity index (χ4n) is 2.36. The Balaban J connectivity index is 1.89. The molecule has 2 aromatic rings. The summed E-state index contributed by atoms with van der Waals surface area (Å²) in [6, 6.07) is 11.6. The van der Waals surface area contributed by atoms with Crippen LogP contribution in [0.3, 0.4) is 0 Å². The van der Waals surface area contributed by atoms with Gasteiger partial charge in [-0.2, -0.15) is 11.8 Å². The average molecular weight is 375 g/mol. The Hall–Kier alpha value is -2.74. The number of nitrogens with two attached hydrogens (primary N) is 1. The number of esters is 1. The number of primary amides is 1. The van der Waals surface area contributed by atoms with Crippen LogP contribution in [0.1, 0.15) is 6.42 Å². The molecule has 0 aliphatic heterocycles. The van der Waals surface area contributed by atoms with Crippen molar-refractivity contribution in [2.45, 2.75) is 12.5 Å². The van der Waals surface area contributed by atoms with Crippen molar-refractivity contribution >= 4 is 46.1 Å². The van der Waals surface area contributed by atoms with Crippen molar-refractivity contribution < 1.29 is 19.1 Å². The van der Waals surface area contributed by atoms with Gasteiger partial charge in [0.15, 0.2) is 6.61 Å². The number of carbonyl (C=O) groups excluding carboxylic acids is 3. The number of urea groups is 1. The van der Waals surface area contributed by atoms with Crippen LogP contribution >= 0.6 is 11.8 Å². The number of anilines is 1. The lowest BCUT2D eigenvalue weighted by molar-refractivity contribution is -0.149. The van der Waals surface area contributed by atoms with Gasteiger partial charge in [-0.15, -0.1) is 0 Å². The van der Waals surface area contributed by atoms with Gasteiger partial charge in [-0.05, 0) is 41.3 Å². The van der Waals surface area contributed by atoms with Gasteiger partial charge in [0.05, 0.1) is 0 Å². The van der Waals surface area contributed by atoms with Crippen LogP contribution in [-0.2, 0) is 14.3 Å². The third-order valence-corrected chi connectivity index (χ3v) is 4.23. The van der Waals surface area contributed by atoms with Gasteiger partial charge in [0.25, 0.3) is 5.91 Å². The molecule has 0 unspecified atom stereocenters. The third-order valence-electron chi connectivity index (χ3n) is 3.59. The Morgan fingerprint density at radius 1 is 1.15 bits per heavy atom. The van der Waals surface area contributed by atoms with Crippen LogP contribution < -0.4 is 16.4 Å². The Morgan fingerprint density at radius 2 is 1.88 bits per heavy atom. The minimum Gasteiger partial charge on any atom is -0.454 e. The molecule has 0 bridgehead atoms. The van der Waals surface area contributed by atoms with Crippen LogP contribution in [0.2, 0.25) is 0 Å². The first-order valence-electron chi connectivity index (χ1n) is 8.00. The smallest absolute Gasteiger partial charge is 0.329 e. The van der Waals surface area contributed by atoms with Gasteiger partial charge in [-0.1, -0.05) is 30.3 Å². The number of benzene rings is 2. The van der Waals surface area contributed by atoms with E-state index in [1.54, 1.807) is 6.07 Å². The quantitative estimate of drug-likeness (QED) is 0.612. The topological polar surface area (TPSA) is 111 Å². The van der Waals surface area contributed by atoms with E-state index in [9.17, 15) is 14.4 Å². The molecule has 0 radical (unpaired) electrons. The van der Waals surface area contributed by atoms with E-state index in [2.05, 4.69) is 10.6 Å². The minimum atomic E-state index is -0.867. The fraction of sp³-hybridized carbons (Fsp3) is 0.278. The second-order valence-corrected chi connectivity index (χ2v) is 6.55. The molecule has 8 heteroatoms. The zero-order valence-corrected chi connectivity index (χ0v) is 15.2. The van der Waals surface area contributed by atoms with Crippen molar-refractivity contribution in [1.29, 1.82) is 0 Å². The van der Waals surface area contributed by atoms with Crippen LogP contribution in [0.5, 0.6) is 0 Å². The van der Waals surface area contributed by atoms with Crippen molar-refractivity contribution in [2.24, 2.45) is 5.73 Å². The summed E-state index contributed by atoms with van der Waals surface area (Å²) < 4.78 is 4.99. The van der Waals surface area contributed by atoms with Crippen LogP contribution in [0.25, 0.3) is 10.8 Å². The van der Waals surface area contributed by atoms with Gasteiger partial charge in [-0.3, -0.25) is 4.79 Å². The standard InChI is InChI=1S/C18H21N3O4S/c1-26-9-8-15(21-18(19)24)17(23)25-11-16(22)20-14-7-6-12-4-2-3-5-13(12)10-14/h2-7,10,15H,8-9,11H2,1H3,(H,20,22)(H3,19,21,24)/t15-/m1/s1. The second-order valence-electron chi connectivity index (χ2n) is 5.56. The number of nitrogens with one attached hydrogen (secondary N) is 2. The molecular formula is C18H21N3O4S. The highest BCUT2D eigenvalue weighted by atomic mass is 32.2. The van der Waals surface area contributed by atoms with Gasteiger partial charge in [-0.25, -0.2) is 9.59 Å². The van der Waals surface area contributed by atoms with E-state index in [4.69, 9.17) is 10.5 Å². The number of thioether (sulfide) groups is 1. The summed E-state index contributed by atoms with van der Waals surface area (Å²) in [4.78, 5) is 35.0. The molecule has 7 nitrogen and oxygen atoms in total. The number of hydrogen-bond donors (Lipinski definition) is 3. The van der Waals surface area contributed by atoms with Crippen molar-refractivity contribution in [1.82, 2.24) is 5.32 Å². The van der Waals surface area contributed by atoms with E-state index in [1.165, 1.54) is 11.8 Å². The minimum absolute atomic E-state index is 0.370. The predicted octanol–water partition coefficient (Wildman–Crippen LogP) is 2.11. The van der Waals surface area contributed by atoms with Crippen molar-refractivity contribution in [3.8, 4) is 0 Å². The Kier molecular flexibility index (Phi) is 7.28. The summed E-state index contributed by atoms with van der Waals surface area (Å²) in [5, 5.41) is 7.06. The molecule has 0 fully saturated rings. The molecule has 0 aliphatic carbocycles. The molecule has 0 aromatic heterocycles. The SMILES string of the molecule is CSCC[C@@H](NC(N)=O)C(=O)OCC(=O)Nc1ccc2ccccc2c1. The molecule has 138 valence electrons. The lowest BCUT2D eigenvalue weighted by atomic mass is 10.1. The molecule has 4 N–H and O–H groups in total. The van der Waals surface area contributed by atoms with Crippen LogP contribution in [0, 0.1) is 0 Å². The van der Waals surface area contributed by atoms with Crippen molar-refractivity contribution in [2.75, 3.05) is 23.9 Å². The summed E-state index contributed by atoms with van der Waals surface area (Å²) >= 11 is 1.52. The maximum Gasteiger partial charge on any atom is 0.329 e. The number of carbonyl (C=O) groups is 3. The molecule has 26 heavy (non-hydrogen) atoms. The first-order valence-corrected chi connectivity index (χ1v) is 9.39. The highest BCUT2D eigenvalue weighted by Gasteiger charge is 2.21. The summed E-state index contributed by atoms with van der Waals surface area (Å²) in [5.41, 5.74) is 5.67. The monoisotopic (exact) mass is 375 g/mol. The van der Waals surface area contributed by atoms with Crippen molar-refractivity contribution in [3.63, 3.8) is 0 Å². The number of rotatable bonds is 8. The van der Waals surface area contributed by atoms with Crippen LogP contribution in [0.4, 0.5) is 10.5 Å². The summed E-state index contributed by atoms with van der Waals surface area (Å²) in [6.45, 7) is -0.443. The maximum absolute atomic E-state index is 12.0. The largest absolute Gasteiger partial charge is 0.454 e.